The molecule has 0 aliphatic carbocycles. The van der Waals surface area contributed by atoms with Crippen LogP contribution in [-0.2, 0) is 0 Å². The number of rotatable bonds is 9. The normalized spacial score (nSPS) is 11.8. The van der Waals surface area contributed by atoms with Crippen molar-refractivity contribution in [2.45, 2.75) is 55.4 Å². The highest BCUT2D eigenvalue weighted by Gasteiger charge is 2.27. The summed E-state index contributed by atoms with van der Waals surface area (Å²) < 4.78 is 9.36. The number of para-hydroxylation sites is 1. The highest BCUT2D eigenvalue weighted by molar-refractivity contribution is 6.15. The summed E-state index contributed by atoms with van der Waals surface area (Å²) in [6, 6.07) is 97.4. The van der Waals surface area contributed by atoms with Crippen molar-refractivity contribution in [1.82, 2.24) is 28.2 Å². The number of aryl methyl sites for hydroxylation is 8. The molecule has 0 spiro atoms. The van der Waals surface area contributed by atoms with Crippen LogP contribution in [0.4, 0.5) is 0 Å². The number of aromatic nitrogens is 6. The Labute approximate surface area is 579 Å². The lowest BCUT2D eigenvalue weighted by Crippen LogP contribution is -2.05. The molecule has 0 fully saturated rings. The molecule has 6 aromatic heterocycles. The van der Waals surface area contributed by atoms with Crippen molar-refractivity contribution < 1.29 is 0 Å². The highest BCUT2D eigenvalue weighted by Crippen LogP contribution is 2.47. The van der Waals surface area contributed by atoms with Crippen LogP contribution in [0, 0.1) is 78.1 Å². The maximum atomic E-state index is 11.8. The summed E-state index contributed by atoms with van der Waals surface area (Å²) in [6.45, 7) is 17.1. The molecule has 0 bridgehead atoms. The Morgan fingerprint density at radius 1 is 0.250 bits per heavy atom. The lowest BCUT2D eigenvalue weighted by molar-refractivity contribution is 1.11. The Morgan fingerprint density at radius 2 is 0.630 bits per heavy atom. The van der Waals surface area contributed by atoms with Crippen molar-refractivity contribution in [3.63, 3.8) is 0 Å². The third kappa shape index (κ3) is 9.48. The van der Waals surface area contributed by atoms with Gasteiger partial charge in [0, 0.05) is 76.7 Å². The van der Waals surface area contributed by atoms with E-state index in [1.807, 2.05) is 12.1 Å². The molecule has 0 atom stereocenters. The van der Waals surface area contributed by atoms with Crippen molar-refractivity contribution in [3.05, 3.63) is 311 Å². The van der Waals surface area contributed by atoms with Gasteiger partial charge in [-0.25, -0.2) is 4.98 Å². The van der Waals surface area contributed by atoms with Gasteiger partial charge in [0.2, 0.25) is 0 Å². The van der Waals surface area contributed by atoms with E-state index in [1.165, 1.54) is 5.56 Å². The maximum Gasteiger partial charge on any atom is 0.101 e. The van der Waals surface area contributed by atoms with Crippen LogP contribution in [0.5, 0.6) is 0 Å². The number of hydrogen-bond donors (Lipinski definition) is 0. The standard InChI is InChI=1S/C92H66N8/c1-53-26-32-82-75(35-53)68-21-15-16-22-81(68)98(82)91-46-66(51-93)85(50-74(91)65-44-79(61-17-11-9-12-18-61)96-80(45-65)62-19-13-10-14-20-62)97-83-33-27-54(2)36-76(83)77-43-63(28-34-84(77)97)72-48-78-71-31-25-57(5)39-89(71)100(90(78)40-58(72)6)92-47-67(52-94)86(49-73(92)64-41-59(7)95-60(8)42-64)99-87-37-55(3)23-29-69(87)70-30-24-56(4)38-88(70)99/h9-50H,1-8H3. The first-order valence-corrected chi connectivity index (χ1v) is 34.1. The van der Waals surface area contributed by atoms with Gasteiger partial charge in [0.1, 0.15) is 12.1 Å². The minimum atomic E-state index is 0.541. The Bertz CT molecular complexity index is 6500. The molecule has 0 saturated carbocycles. The Hall–Kier alpha value is -12.9. The van der Waals surface area contributed by atoms with E-state index in [1.54, 1.807) is 0 Å². The van der Waals surface area contributed by atoms with E-state index in [0.29, 0.717) is 11.1 Å². The number of benzene rings is 12. The lowest BCUT2D eigenvalue weighted by atomic mass is 9.95. The van der Waals surface area contributed by atoms with Crippen LogP contribution in [0.25, 0.3) is 166 Å². The van der Waals surface area contributed by atoms with Crippen molar-refractivity contribution >= 4 is 87.2 Å². The van der Waals surface area contributed by atoms with Crippen LogP contribution >= 0.6 is 0 Å². The van der Waals surface area contributed by atoms with Gasteiger partial charge in [0.05, 0.1) is 89.4 Å². The van der Waals surface area contributed by atoms with E-state index in [2.05, 4.69) is 328 Å². The first kappa shape index (κ1) is 59.6. The van der Waals surface area contributed by atoms with Crippen LogP contribution in [-0.4, -0.2) is 28.2 Å². The van der Waals surface area contributed by atoms with Crippen LogP contribution in [0.1, 0.15) is 55.9 Å². The van der Waals surface area contributed by atoms with Crippen molar-refractivity contribution in [2.75, 3.05) is 0 Å². The highest BCUT2D eigenvalue weighted by atomic mass is 15.0. The zero-order valence-electron chi connectivity index (χ0n) is 56.8. The molecule has 8 heteroatoms. The first-order chi connectivity index (χ1) is 48.7. The van der Waals surface area contributed by atoms with Gasteiger partial charge in [0.15, 0.2) is 0 Å². The number of nitrogens with zero attached hydrogens (tertiary/aromatic N) is 8. The molecule has 18 rings (SSSR count). The van der Waals surface area contributed by atoms with E-state index in [9.17, 15) is 10.5 Å². The second-order valence-corrected chi connectivity index (χ2v) is 27.4. The maximum absolute atomic E-state index is 11.8. The molecule has 0 saturated heterocycles. The zero-order chi connectivity index (χ0) is 67.9. The predicted octanol–water partition coefficient (Wildman–Crippen LogP) is 23.4. The molecule has 0 aliphatic rings. The molecule has 0 radical (unpaired) electrons. The van der Waals surface area contributed by atoms with Crippen molar-refractivity contribution in [1.29, 1.82) is 10.5 Å². The average molecular weight is 1280 g/mol. The quantitative estimate of drug-likeness (QED) is 0.144. The number of hydrogen-bond acceptors (Lipinski definition) is 4. The molecule has 100 heavy (non-hydrogen) atoms. The fourth-order valence-corrected chi connectivity index (χ4v) is 16.0. The largest absolute Gasteiger partial charge is 0.309 e. The lowest BCUT2D eigenvalue weighted by Gasteiger charge is -2.20. The molecule has 12 aromatic carbocycles. The average Bonchev–Trinajstić information content (AvgIpc) is 1.55. The van der Waals surface area contributed by atoms with Gasteiger partial charge in [-0.2, -0.15) is 10.5 Å². The molecule has 0 amide bonds. The Morgan fingerprint density at radius 3 is 1.16 bits per heavy atom. The van der Waals surface area contributed by atoms with Gasteiger partial charge in [-0.1, -0.05) is 145 Å². The fraction of sp³-hybridized carbons (Fsp3) is 0.0870. The second kappa shape index (κ2) is 22.9. The predicted molar refractivity (Wildman–Crippen MR) is 414 cm³/mol. The number of fused-ring (bicyclic) bond motifs is 12. The summed E-state index contributed by atoms with van der Waals surface area (Å²) >= 11 is 0. The first-order valence-electron chi connectivity index (χ1n) is 34.1. The molecule has 18 aromatic rings. The SMILES string of the molecule is Cc1ccc2c(c1)c1cc(-c3cc4c5ccc(C)cc5n(-c5cc(C#N)c(-n6c7cc(C)ccc7c7ccc(C)cc76)cc5-c5cc(C)nc(C)c5)c4cc3C)ccc1n2-c1cc(-c2cc(-c3ccccc3)nc(-c3ccccc3)c2)c(-n2c3ccccc3c3cc(C)ccc32)cc1C#N. The molecular formula is C92H66N8. The summed E-state index contributed by atoms with van der Waals surface area (Å²) in [7, 11) is 0. The zero-order valence-corrected chi connectivity index (χ0v) is 56.8. The van der Waals surface area contributed by atoms with E-state index in [0.717, 1.165) is 205 Å². The number of nitriles is 2. The molecule has 0 aliphatic heterocycles. The topological polar surface area (TPSA) is 93.1 Å². The van der Waals surface area contributed by atoms with E-state index < -0.39 is 0 Å². The summed E-state index contributed by atoms with van der Waals surface area (Å²) in [6.07, 6.45) is 0. The molecule has 474 valence electrons. The Balaban J connectivity index is 0.856. The van der Waals surface area contributed by atoms with E-state index in [4.69, 9.17) is 9.97 Å². The summed E-state index contributed by atoms with van der Waals surface area (Å²) in [5.41, 5.74) is 31.4. The van der Waals surface area contributed by atoms with Gasteiger partial charge >= 0.3 is 0 Å². The fourth-order valence-electron chi connectivity index (χ4n) is 16.0. The minimum Gasteiger partial charge on any atom is -0.309 e. The van der Waals surface area contributed by atoms with Crippen LogP contribution in [0.15, 0.2) is 255 Å². The third-order valence-electron chi connectivity index (χ3n) is 20.5. The minimum absolute atomic E-state index is 0.541. The van der Waals surface area contributed by atoms with Crippen LogP contribution in [0.3, 0.4) is 0 Å². The summed E-state index contributed by atoms with van der Waals surface area (Å²) in [5.74, 6) is 0. The van der Waals surface area contributed by atoms with Crippen LogP contribution in [0.2, 0.25) is 0 Å². The Kier molecular flexibility index (Phi) is 13.6. The van der Waals surface area contributed by atoms with Crippen molar-refractivity contribution in [3.8, 4) is 90.8 Å². The molecule has 6 heterocycles. The van der Waals surface area contributed by atoms with Gasteiger partial charge in [-0.15, -0.1) is 0 Å². The number of pyridine rings is 2. The monoisotopic (exact) mass is 1280 g/mol. The molecule has 0 N–H and O–H groups in total. The second-order valence-electron chi connectivity index (χ2n) is 27.4. The van der Waals surface area contributed by atoms with E-state index in [-0.39, 0.29) is 0 Å². The molecular weight excluding hydrogens is 1220 g/mol. The summed E-state index contributed by atoms with van der Waals surface area (Å²) in [4.78, 5) is 10.2. The molecule has 0 unspecified atom stereocenters. The third-order valence-corrected chi connectivity index (χ3v) is 20.5. The summed E-state index contributed by atoms with van der Waals surface area (Å²) in [5, 5.41) is 32.3. The molecule has 8 nitrogen and oxygen atoms in total. The van der Waals surface area contributed by atoms with Crippen molar-refractivity contribution in [2.24, 2.45) is 0 Å². The van der Waals surface area contributed by atoms with Gasteiger partial charge < -0.3 is 18.3 Å². The van der Waals surface area contributed by atoms with Crippen LogP contribution < -0.4 is 0 Å². The van der Waals surface area contributed by atoms with Gasteiger partial charge in [-0.05, 0) is 221 Å². The van der Waals surface area contributed by atoms with Gasteiger partial charge in [0.25, 0.3) is 0 Å². The smallest absolute Gasteiger partial charge is 0.101 e. The van der Waals surface area contributed by atoms with Gasteiger partial charge in [-0.3, -0.25) is 4.98 Å². The van der Waals surface area contributed by atoms with E-state index >= 15 is 0 Å².